The van der Waals surface area contributed by atoms with Gasteiger partial charge in [-0.25, -0.2) is 4.79 Å². The van der Waals surface area contributed by atoms with Gasteiger partial charge < -0.3 is 10.1 Å². The number of hydrogen-bond donors (Lipinski definition) is 1. The summed E-state index contributed by atoms with van der Waals surface area (Å²) in [6, 6.07) is 3.98. The van der Waals surface area contributed by atoms with Crippen LogP contribution in [0, 0.1) is 5.92 Å². The van der Waals surface area contributed by atoms with Crippen molar-refractivity contribution in [3.63, 3.8) is 0 Å². The van der Waals surface area contributed by atoms with Crippen LogP contribution in [0.25, 0.3) is 0 Å². The number of ether oxygens (including phenoxy) is 1. The number of hydrogen-bond acceptors (Lipinski definition) is 3. The lowest BCUT2D eigenvalue weighted by atomic mass is 9.91. The first kappa shape index (κ1) is 13.1. The number of piperidine rings is 1. The summed E-state index contributed by atoms with van der Waals surface area (Å²) in [5.41, 5.74) is 3.04. The number of cyclic esters (lactones) is 1. The van der Waals surface area contributed by atoms with E-state index in [1.807, 2.05) is 6.07 Å². The molecule has 2 heterocycles. The van der Waals surface area contributed by atoms with Gasteiger partial charge in [0.05, 0.1) is 5.56 Å². The van der Waals surface area contributed by atoms with Gasteiger partial charge in [-0.2, -0.15) is 0 Å². The average molecular weight is 324 g/mol. The molecule has 3 nitrogen and oxygen atoms in total. The third-order valence-corrected chi connectivity index (χ3v) is 5.16. The van der Waals surface area contributed by atoms with E-state index in [1.54, 1.807) is 0 Å². The fraction of sp³-hybridized carbons (Fsp3) is 0.533. The first-order valence-electron chi connectivity index (χ1n) is 6.94. The van der Waals surface area contributed by atoms with Crippen molar-refractivity contribution in [2.45, 2.75) is 32.3 Å². The molecule has 1 aromatic rings. The van der Waals surface area contributed by atoms with Crippen molar-refractivity contribution in [1.82, 2.24) is 5.32 Å². The molecule has 0 unspecified atom stereocenters. The first-order valence-corrected chi connectivity index (χ1v) is 7.73. The van der Waals surface area contributed by atoms with E-state index >= 15 is 0 Å². The highest BCUT2D eigenvalue weighted by atomic mass is 79.9. The van der Waals surface area contributed by atoms with E-state index in [0.717, 1.165) is 41.0 Å². The summed E-state index contributed by atoms with van der Waals surface area (Å²) < 4.78 is 6.15. The molecule has 0 atom stereocenters. The van der Waals surface area contributed by atoms with Crippen LogP contribution in [0.5, 0.6) is 0 Å². The van der Waals surface area contributed by atoms with Gasteiger partial charge in [-0.05, 0) is 56.3 Å². The Labute approximate surface area is 121 Å². The smallest absolute Gasteiger partial charge is 0.338 e. The van der Waals surface area contributed by atoms with Crippen LogP contribution in [-0.2, 0) is 17.8 Å². The SMILES string of the molecule is O=C1OCc2c1ccc(CCC1CCNCC1)c2Br. The zero-order valence-electron chi connectivity index (χ0n) is 10.9. The van der Waals surface area contributed by atoms with E-state index in [9.17, 15) is 4.79 Å². The van der Waals surface area contributed by atoms with Crippen molar-refractivity contribution in [3.8, 4) is 0 Å². The number of carbonyl (C=O) groups is 1. The number of fused-ring (bicyclic) bond motifs is 1. The van der Waals surface area contributed by atoms with E-state index < -0.39 is 0 Å². The average Bonchev–Trinajstić information content (AvgIpc) is 2.82. The molecule has 0 spiro atoms. The summed E-state index contributed by atoms with van der Waals surface area (Å²) >= 11 is 3.64. The number of carbonyl (C=O) groups excluding carboxylic acids is 1. The number of halogens is 1. The van der Waals surface area contributed by atoms with Gasteiger partial charge in [-0.15, -0.1) is 0 Å². The maximum absolute atomic E-state index is 11.5. The number of esters is 1. The lowest BCUT2D eigenvalue weighted by Crippen LogP contribution is -2.27. The maximum Gasteiger partial charge on any atom is 0.338 e. The second-order valence-corrected chi connectivity index (χ2v) is 6.17. The standard InChI is InChI=1S/C15H18BrNO2/c16-14-11(2-1-10-5-7-17-8-6-10)3-4-12-13(14)9-19-15(12)18/h3-4,10,17H,1-2,5-9H2. The fourth-order valence-corrected chi connectivity index (χ4v) is 3.60. The van der Waals surface area contributed by atoms with Gasteiger partial charge in [0, 0.05) is 10.0 Å². The fourth-order valence-electron chi connectivity index (χ4n) is 2.94. The Bertz CT molecular complexity index is 495. The van der Waals surface area contributed by atoms with Gasteiger partial charge in [-0.1, -0.05) is 22.0 Å². The summed E-state index contributed by atoms with van der Waals surface area (Å²) in [6.07, 6.45) is 4.87. The summed E-state index contributed by atoms with van der Waals surface area (Å²) in [7, 11) is 0. The van der Waals surface area contributed by atoms with Crippen molar-refractivity contribution in [2.75, 3.05) is 13.1 Å². The van der Waals surface area contributed by atoms with E-state index in [2.05, 4.69) is 27.3 Å². The molecule has 0 aliphatic carbocycles. The molecule has 4 heteroatoms. The third kappa shape index (κ3) is 2.70. The summed E-state index contributed by atoms with van der Waals surface area (Å²) in [5.74, 6) is 0.639. The monoisotopic (exact) mass is 323 g/mol. The maximum atomic E-state index is 11.5. The van der Waals surface area contributed by atoms with Gasteiger partial charge in [0.25, 0.3) is 0 Å². The van der Waals surface area contributed by atoms with Crippen LogP contribution in [0.4, 0.5) is 0 Å². The minimum atomic E-state index is -0.194. The largest absolute Gasteiger partial charge is 0.457 e. The highest BCUT2D eigenvalue weighted by Gasteiger charge is 2.24. The molecule has 0 bridgehead atoms. The van der Waals surface area contributed by atoms with Gasteiger partial charge in [0.1, 0.15) is 6.61 Å². The molecule has 1 fully saturated rings. The Balaban J connectivity index is 1.70. The Morgan fingerprint density at radius 1 is 1.32 bits per heavy atom. The van der Waals surface area contributed by atoms with Crippen molar-refractivity contribution >= 4 is 21.9 Å². The van der Waals surface area contributed by atoms with E-state index in [4.69, 9.17) is 4.74 Å². The van der Waals surface area contributed by atoms with Crippen molar-refractivity contribution in [3.05, 3.63) is 33.3 Å². The lowest BCUT2D eigenvalue weighted by Gasteiger charge is -2.22. The van der Waals surface area contributed by atoms with Crippen LogP contribution >= 0.6 is 15.9 Å². The number of rotatable bonds is 3. The van der Waals surface area contributed by atoms with Crippen molar-refractivity contribution in [2.24, 2.45) is 5.92 Å². The lowest BCUT2D eigenvalue weighted by molar-refractivity contribution is 0.0535. The molecule has 2 aliphatic heterocycles. The summed E-state index contributed by atoms with van der Waals surface area (Å²) in [5, 5.41) is 3.40. The molecule has 1 N–H and O–H groups in total. The molecule has 0 saturated carbocycles. The van der Waals surface area contributed by atoms with Gasteiger partial charge in [-0.3, -0.25) is 0 Å². The van der Waals surface area contributed by atoms with Crippen LogP contribution in [-0.4, -0.2) is 19.1 Å². The molecule has 1 aromatic carbocycles. The second kappa shape index (κ2) is 5.63. The molecular weight excluding hydrogens is 306 g/mol. The molecule has 19 heavy (non-hydrogen) atoms. The Hall–Kier alpha value is -0.870. The number of benzene rings is 1. The van der Waals surface area contributed by atoms with Crippen LogP contribution in [0.2, 0.25) is 0 Å². The predicted molar refractivity (Wildman–Crippen MR) is 77.2 cm³/mol. The van der Waals surface area contributed by atoms with Crippen LogP contribution in [0.1, 0.15) is 40.7 Å². The minimum Gasteiger partial charge on any atom is -0.457 e. The van der Waals surface area contributed by atoms with Crippen LogP contribution < -0.4 is 5.32 Å². The van der Waals surface area contributed by atoms with Crippen LogP contribution in [0.3, 0.4) is 0 Å². The summed E-state index contributed by atoms with van der Waals surface area (Å²) in [6.45, 7) is 2.71. The normalized spacial score (nSPS) is 19.3. The van der Waals surface area contributed by atoms with E-state index in [-0.39, 0.29) is 5.97 Å². The molecule has 1 saturated heterocycles. The first-order chi connectivity index (χ1) is 9.25. The minimum absolute atomic E-state index is 0.194. The van der Waals surface area contributed by atoms with Gasteiger partial charge >= 0.3 is 5.97 Å². The van der Waals surface area contributed by atoms with E-state index in [1.165, 1.54) is 24.8 Å². The quantitative estimate of drug-likeness (QED) is 0.869. The highest BCUT2D eigenvalue weighted by molar-refractivity contribution is 9.10. The molecule has 0 amide bonds. The molecular formula is C15H18BrNO2. The topological polar surface area (TPSA) is 38.3 Å². The van der Waals surface area contributed by atoms with Crippen molar-refractivity contribution < 1.29 is 9.53 Å². The zero-order valence-corrected chi connectivity index (χ0v) is 12.5. The Morgan fingerprint density at radius 2 is 2.11 bits per heavy atom. The van der Waals surface area contributed by atoms with Gasteiger partial charge in [0.2, 0.25) is 0 Å². The van der Waals surface area contributed by atoms with E-state index in [0.29, 0.717) is 6.61 Å². The third-order valence-electron chi connectivity index (χ3n) is 4.17. The molecule has 0 radical (unpaired) electrons. The molecule has 102 valence electrons. The molecule has 0 aromatic heterocycles. The van der Waals surface area contributed by atoms with Crippen LogP contribution in [0.15, 0.2) is 16.6 Å². The second-order valence-electron chi connectivity index (χ2n) is 5.37. The molecule has 2 aliphatic rings. The summed E-state index contributed by atoms with van der Waals surface area (Å²) in [4.78, 5) is 11.5. The Kier molecular flexibility index (Phi) is 3.89. The predicted octanol–water partition coefficient (Wildman–Crippen LogP) is 3.05. The van der Waals surface area contributed by atoms with Crippen molar-refractivity contribution in [1.29, 1.82) is 0 Å². The molecule has 3 rings (SSSR count). The zero-order chi connectivity index (χ0) is 13.2. The Morgan fingerprint density at radius 3 is 2.89 bits per heavy atom. The number of aryl methyl sites for hydroxylation is 1. The highest BCUT2D eigenvalue weighted by Crippen LogP contribution is 2.32. The van der Waals surface area contributed by atoms with Gasteiger partial charge in [0.15, 0.2) is 0 Å². The number of nitrogens with one attached hydrogen (secondary N) is 1.